The second-order valence-corrected chi connectivity index (χ2v) is 6.50. The van der Waals surface area contributed by atoms with E-state index in [0.717, 1.165) is 25.7 Å². The largest absolute Gasteiger partial charge is 0.508 e. The molecule has 0 bridgehead atoms. The van der Waals surface area contributed by atoms with Gasteiger partial charge < -0.3 is 10.2 Å². The topological polar surface area (TPSA) is 57.5 Å². The monoisotopic (exact) mass is 276 g/mol. The Morgan fingerprint density at radius 2 is 2.10 bits per heavy atom. The Hall–Kier alpha value is -1.51. The summed E-state index contributed by atoms with van der Waals surface area (Å²) in [5, 5.41) is 19.0. The van der Waals surface area contributed by atoms with Crippen molar-refractivity contribution in [3.05, 3.63) is 29.3 Å². The van der Waals surface area contributed by atoms with E-state index in [1.807, 2.05) is 26.0 Å². The van der Waals surface area contributed by atoms with Crippen molar-refractivity contribution in [3.63, 3.8) is 0 Å². The molecule has 0 saturated heterocycles. The lowest BCUT2D eigenvalue weighted by Gasteiger charge is -2.38. The summed E-state index contributed by atoms with van der Waals surface area (Å²) in [5.41, 5.74) is 1.79. The fourth-order valence-electron chi connectivity index (χ4n) is 3.70. The Bertz CT molecular complexity index is 505. The van der Waals surface area contributed by atoms with Crippen LogP contribution in [0.1, 0.15) is 44.7 Å². The number of benzene rings is 1. The molecule has 2 atom stereocenters. The maximum atomic E-state index is 11.5. The third-order valence-electron chi connectivity index (χ3n) is 4.94. The van der Waals surface area contributed by atoms with E-state index in [1.165, 1.54) is 11.1 Å². The summed E-state index contributed by atoms with van der Waals surface area (Å²) >= 11 is 0. The van der Waals surface area contributed by atoms with Crippen LogP contribution in [0.4, 0.5) is 0 Å². The lowest BCUT2D eigenvalue weighted by molar-refractivity contribution is -0.151. The van der Waals surface area contributed by atoms with E-state index in [2.05, 4.69) is 6.92 Å². The van der Waals surface area contributed by atoms with E-state index in [0.29, 0.717) is 11.7 Å². The molecule has 2 rings (SSSR count). The van der Waals surface area contributed by atoms with Crippen molar-refractivity contribution < 1.29 is 15.0 Å². The Morgan fingerprint density at radius 1 is 1.40 bits per heavy atom. The first-order valence-electron chi connectivity index (χ1n) is 7.40. The summed E-state index contributed by atoms with van der Waals surface area (Å²) < 4.78 is 0. The smallest absolute Gasteiger partial charge is 0.309 e. The second-order valence-electron chi connectivity index (χ2n) is 6.50. The zero-order valence-electron chi connectivity index (χ0n) is 12.5. The van der Waals surface area contributed by atoms with Gasteiger partial charge in [0, 0.05) is 0 Å². The van der Waals surface area contributed by atoms with E-state index in [1.54, 1.807) is 6.07 Å². The predicted octanol–water partition coefficient (Wildman–Crippen LogP) is 3.63. The maximum absolute atomic E-state index is 11.5. The van der Waals surface area contributed by atoms with Gasteiger partial charge in [0.05, 0.1) is 5.41 Å². The molecule has 1 aliphatic rings. The molecular formula is C17H24O3. The highest BCUT2D eigenvalue weighted by Gasteiger charge is 2.41. The standard InChI is InChI=1S/C17H24O3/c1-4-15(17(2,3)16(19)20)13-6-5-12-10-14(18)8-7-11(12)9-13/h7-8,10,13,15,18H,4-6,9H2,1-3H3,(H,19,20)/t13-,15+/m1/s1. The number of phenols is 1. The Morgan fingerprint density at radius 3 is 2.70 bits per heavy atom. The lowest BCUT2D eigenvalue weighted by atomic mass is 9.65. The van der Waals surface area contributed by atoms with Gasteiger partial charge in [-0.15, -0.1) is 0 Å². The van der Waals surface area contributed by atoms with Crippen LogP contribution in [0, 0.1) is 17.3 Å². The van der Waals surface area contributed by atoms with Gasteiger partial charge in [-0.1, -0.05) is 19.4 Å². The van der Waals surface area contributed by atoms with E-state index >= 15 is 0 Å². The number of aromatic hydroxyl groups is 1. The van der Waals surface area contributed by atoms with Gasteiger partial charge in [-0.3, -0.25) is 4.79 Å². The molecule has 0 fully saturated rings. The molecule has 0 spiro atoms. The summed E-state index contributed by atoms with van der Waals surface area (Å²) in [7, 11) is 0. The van der Waals surface area contributed by atoms with Crippen molar-refractivity contribution in [2.45, 2.75) is 46.5 Å². The van der Waals surface area contributed by atoms with Crippen LogP contribution >= 0.6 is 0 Å². The number of carbonyl (C=O) groups is 1. The molecule has 1 aliphatic carbocycles. The molecular weight excluding hydrogens is 252 g/mol. The Labute approximate surface area is 120 Å². The highest BCUT2D eigenvalue weighted by Crippen LogP contribution is 2.42. The number of aliphatic carboxylic acids is 1. The average molecular weight is 276 g/mol. The van der Waals surface area contributed by atoms with Crippen molar-refractivity contribution in [2.24, 2.45) is 17.3 Å². The molecule has 0 amide bonds. The van der Waals surface area contributed by atoms with Crippen LogP contribution in [-0.4, -0.2) is 16.2 Å². The van der Waals surface area contributed by atoms with Gasteiger partial charge >= 0.3 is 5.97 Å². The molecule has 0 radical (unpaired) electrons. The summed E-state index contributed by atoms with van der Waals surface area (Å²) in [6.45, 7) is 5.77. The second kappa shape index (κ2) is 5.47. The molecule has 20 heavy (non-hydrogen) atoms. The number of rotatable bonds is 4. The Kier molecular flexibility index (Phi) is 4.07. The summed E-state index contributed by atoms with van der Waals surface area (Å²) in [6.07, 6.45) is 3.74. The number of carboxylic acid groups (broad SMARTS) is 1. The van der Waals surface area contributed by atoms with E-state index in [9.17, 15) is 15.0 Å². The molecule has 3 nitrogen and oxygen atoms in total. The molecule has 1 aromatic carbocycles. The highest BCUT2D eigenvalue weighted by molar-refractivity contribution is 5.74. The molecule has 2 N–H and O–H groups in total. The Balaban J connectivity index is 2.23. The van der Waals surface area contributed by atoms with E-state index in [4.69, 9.17) is 0 Å². The first-order valence-corrected chi connectivity index (χ1v) is 7.40. The van der Waals surface area contributed by atoms with Crippen LogP contribution in [0.15, 0.2) is 18.2 Å². The van der Waals surface area contributed by atoms with Gasteiger partial charge in [-0.2, -0.15) is 0 Å². The first kappa shape index (κ1) is 14.9. The molecule has 110 valence electrons. The summed E-state index contributed by atoms with van der Waals surface area (Å²) in [6, 6.07) is 5.55. The van der Waals surface area contributed by atoms with Crippen molar-refractivity contribution in [1.29, 1.82) is 0 Å². The first-order chi connectivity index (χ1) is 9.36. The van der Waals surface area contributed by atoms with E-state index < -0.39 is 11.4 Å². The number of carboxylic acids is 1. The van der Waals surface area contributed by atoms with Gasteiger partial charge in [0.1, 0.15) is 5.75 Å². The van der Waals surface area contributed by atoms with Crippen LogP contribution < -0.4 is 0 Å². The average Bonchev–Trinajstić information content (AvgIpc) is 2.39. The van der Waals surface area contributed by atoms with Gasteiger partial charge in [-0.25, -0.2) is 0 Å². The van der Waals surface area contributed by atoms with Crippen LogP contribution in [0.5, 0.6) is 5.75 Å². The molecule has 0 aromatic heterocycles. The molecule has 1 aromatic rings. The van der Waals surface area contributed by atoms with Crippen molar-refractivity contribution in [2.75, 3.05) is 0 Å². The molecule has 0 aliphatic heterocycles. The number of phenolic OH excluding ortho intramolecular Hbond substituents is 1. The zero-order valence-corrected chi connectivity index (χ0v) is 12.5. The van der Waals surface area contributed by atoms with Gasteiger partial charge in [0.25, 0.3) is 0 Å². The maximum Gasteiger partial charge on any atom is 0.309 e. The molecule has 0 saturated carbocycles. The minimum absolute atomic E-state index is 0.182. The van der Waals surface area contributed by atoms with Gasteiger partial charge in [-0.05, 0) is 68.2 Å². The summed E-state index contributed by atoms with van der Waals surface area (Å²) in [5.74, 6) is 0.200. The number of hydrogen-bond acceptors (Lipinski definition) is 2. The molecule has 0 unspecified atom stereocenters. The van der Waals surface area contributed by atoms with Crippen molar-refractivity contribution in [3.8, 4) is 5.75 Å². The number of hydrogen-bond donors (Lipinski definition) is 2. The van der Waals surface area contributed by atoms with Gasteiger partial charge in [0.15, 0.2) is 0 Å². The minimum Gasteiger partial charge on any atom is -0.508 e. The third-order valence-corrected chi connectivity index (χ3v) is 4.94. The lowest BCUT2D eigenvalue weighted by Crippen LogP contribution is -2.39. The minimum atomic E-state index is -0.708. The number of aryl methyl sites for hydroxylation is 1. The third kappa shape index (κ3) is 2.67. The van der Waals surface area contributed by atoms with Gasteiger partial charge in [0.2, 0.25) is 0 Å². The predicted molar refractivity (Wildman–Crippen MR) is 78.8 cm³/mol. The zero-order chi connectivity index (χ0) is 14.9. The van der Waals surface area contributed by atoms with Crippen molar-refractivity contribution in [1.82, 2.24) is 0 Å². The van der Waals surface area contributed by atoms with Crippen LogP contribution in [0.2, 0.25) is 0 Å². The fraction of sp³-hybridized carbons (Fsp3) is 0.588. The SMILES string of the molecule is CC[C@@H]([C@@H]1CCc2cc(O)ccc2C1)C(C)(C)C(=O)O. The molecule has 3 heteroatoms. The highest BCUT2D eigenvalue weighted by atomic mass is 16.4. The van der Waals surface area contributed by atoms with E-state index in [-0.39, 0.29) is 5.92 Å². The number of fused-ring (bicyclic) bond motifs is 1. The fourth-order valence-corrected chi connectivity index (χ4v) is 3.70. The van der Waals surface area contributed by atoms with Crippen LogP contribution in [0.25, 0.3) is 0 Å². The van der Waals surface area contributed by atoms with Crippen LogP contribution in [0.3, 0.4) is 0 Å². The van der Waals surface area contributed by atoms with Crippen LogP contribution in [-0.2, 0) is 17.6 Å². The molecule has 0 heterocycles. The quantitative estimate of drug-likeness (QED) is 0.882. The summed E-state index contributed by atoms with van der Waals surface area (Å²) in [4.78, 5) is 11.5. The normalized spacial score (nSPS) is 20.2. The van der Waals surface area contributed by atoms with Crippen molar-refractivity contribution >= 4 is 5.97 Å².